The van der Waals surface area contributed by atoms with Gasteiger partial charge in [0.05, 0.1) is 9.83 Å². The van der Waals surface area contributed by atoms with Crippen LogP contribution in [0.4, 0.5) is 0 Å². The van der Waals surface area contributed by atoms with Crippen molar-refractivity contribution in [2.24, 2.45) is 0 Å². The van der Waals surface area contributed by atoms with Crippen LogP contribution >= 0.6 is 38.6 Å². The molecule has 3 aromatic rings. The van der Waals surface area contributed by atoms with Gasteiger partial charge in [-0.25, -0.2) is 0 Å². The van der Waals surface area contributed by atoms with E-state index in [4.69, 9.17) is 0 Å². The molecule has 1 unspecified atom stereocenters. The summed E-state index contributed by atoms with van der Waals surface area (Å²) in [5, 5.41) is 7.25. The summed E-state index contributed by atoms with van der Waals surface area (Å²) < 4.78 is 2.54. The van der Waals surface area contributed by atoms with E-state index in [0.717, 1.165) is 6.54 Å². The first-order valence-electron chi connectivity index (χ1n) is 6.24. The van der Waals surface area contributed by atoms with Crippen molar-refractivity contribution in [3.05, 3.63) is 56.0 Å². The van der Waals surface area contributed by atoms with Gasteiger partial charge in [0.1, 0.15) is 0 Å². The summed E-state index contributed by atoms with van der Waals surface area (Å²) in [6.07, 6.45) is 0. The van der Waals surface area contributed by atoms with Crippen LogP contribution in [-0.4, -0.2) is 6.54 Å². The molecule has 4 heteroatoms. The molecule has 1 nitrogen and oxygen atoms in total. The SMILES string of the molecule is CCNC(c1ccc(Br)s1)c1csc2ccccc12. The quantitative estimate of drug-likeness (QED) is 0.661. The average molecular weight is 352 g/mol. The number of hydrogen-bond donors (Lipinski definition) is 1. The molecule has 0 amide bonds. The third-order valence-electron chi connectivity index (χ3n) is 3.11. The minimum atomic E-state index is 0.289. The zero-order valence-corrected chi connectivity index (χ0v) is 13.7. The topological polar surface area (TPSA) is 12.0 Å². The third-order valence-corrected chi connectivity index (χ3v) is 5.78. The van der Waals surface area contributed by atoms with Gasteiger partial charge in [-0.1, -0.05) is 25.1 Å². The zero-order chi connectivity index (χ0) is 13.2. The Morgan fingerprint density at radius 2 is 2.05 bits per heavy atom. The van der Waals surface area contributed by atoms with Gasteiger partial charge in [-0.05, 0) is 57.0 Å². The summed E-state index contributed by atoms with van der Waals surface area (Å²) >= 11 is 7.18. The normalized spacial score (nSPS) is 12.9. The van der Waals surface area contributed by atoms with Crippen LogP contribution in [0.1, 0.15) is 23.4 Å². The van der Waals surface area contributed by atoms with Crippen molar-refractivity contribution in [1.29, 1.82) is 0 Å². The highest BCUT2D eigenvalue weighted by Gasteiger charge is 2.18. The molecular formula is C15H14BrNS2. The van der Waals surface area contributed by atoms with E-state index < -0.39 is 0 Å². The Bertz CT molecular complexity index is 686. The molecule has 2 aromatic heterocycles. The monoisotopic (exact) mass is 351 g/mol. The second-order valence-electron chi connectivity index (χ2n) is 4.32. The van der Waals surface area contributed by atoms with Crippen molar-refractivity contribution >= 4 is 48.7 Å². The molecule has 1 atom stereocenters. The van der Waals surface area contributed by atoms with Gasteiger partial charge in [-0.3, -0.25) is 0 Å². The summed E-state index contributed by atoms with van der Waals surface area (Å²) in [6, 6.07) is 13.2. The largest absolute Gasteiger partial charge is 0.306 e. The second-order valence-corrected chi connectivity index (χ2v) is 7.73. The summed E-state index contributed by atoms with van der Waals surface area (Å²) in [7, 11) is 0. The van der Waals surface area contributed by atoms with Crippen LogP contribution in [0.3, 0.4) is 0 Å². The maximum atomic E-state index is 3.60. The lowest BCUT2D eigenvalue weighted by Gasteiger charge is -2.16. The standard InChI is InChI=1S/C15H14BrNS2/c1-2-17-15(13-7-8-14(16)19-13)11-9-18-12-6-4-3-5-10(11)12/h3-9,15,17H,2H2,1H3. The molecule has 0 aliphatic rings. The van der Waals surface area contributed by atoms with Crippen LogP contribution < -0.4 is 5.32 Å². The molecule has 0 fully saturated rings. The lowest BCUT2D eigenvalue weighted by atomic mass is 10.0. The first-order chi connectivity index (χ1) is 9.29. The number of nitrogens with one attached hydrogen (secondary N) is 1. The van der Waals surface area contributed by atoms with Crippen LogP contribution in [0.5, 0.6) is 0 Å². The highest BCUT2D eigenvalue weighted by molar-refractivity contribution is 9.11. The molecule has 3 rings (SSSR count). The molecule has 2 heterocycles. The minimum Gasteiger partial charge on any atom is -0.306 e. The predicted molar refractivity (Wildman–Crippen MR) is 89.4 cm³/mol. The van der Waals surface area contributed by atoms with E-state index in [-0.39, 0.29) is 6.04 Å². The first-order valence-corrected chi connectivity index (χ1v) is 8.73. The van der Waals surface area contributed by atoms with Gasteiger partial charge in [-0.15, -0.1) is 22.7 Å². The Morgan fingerprint density at radius 3 is 2.79 bits per heavy atom. The molecule has 1 N–H and O–H groups in total. The molecule has 0 bridgehead atoms. The molecule has 1 aromatic carbocycles. The summed E-state index contributed by atoms with van der Waals surface area (Å²) in [5.74, 6) is 0. The number of hydrogen-bond acceptors (Lipinski definition) is 3. The van der Waals surface area contributed by atoms with Crippen molar-refractivity contribution < 1.29 is 0 Å². The smallest absolute Gasteiger partial charge is 0.0702 e. The van der Waals surface area contributed by atoms with Crippen molar-refractivity contribution in [2.45, 2.75) is 13.0 Å². The van der Waals surface area contributed by atoms with Gasteiger partial charge in [0.2, 0.25) is 0 Å². The van der Waals surface area contributed by atoms with Gasteiger partial charge < -0.3 is 5.32 Å². The van der Waals surface area contributed by atoms with Crippen LogP contribution in [0, 0.1) is 0 Å². The molecule has 0 saturated carbocycles. The van der Waals surface area contributed by atoms with E-state index in [9.17, 15) is 0 Å². The molecule has 19 heavy (non-hydrogen) atoms. The fourth-order valence-electron chi connectivity index (χ4n) is 2.27. The molecule has 0 saturated heterocycles. The van der Waals surface area contributed by atoms with Crippen molar-refractivity contribution in [3.8, 4) is 0 Å². The van der Waals surface area contributed by atoms with Gasteiger partial charge in [-0.2, -0.15) is 0 Å². The highest BCUT2D eigenvalue weighted by Crippen LogP contribution is 2.37. The van der Waals surface area contributed by atoms with Crippen LogP contribution in [0.2, 0.25) is 0 Å². The van der Waals surface area contributed by atoms with Crippen LogP contribution in [0.15, 0.2) is 45.6 Å². The molecule has 0 spiro atoms. The van der Waals surface area contributed by atoms with E-state index in [0.29, 0.717) is 0 Å². The van der Waals surface area contributed by atoms with Gasteiger partial charge in [0.25, 0.3) is 0 Å². The van der Waals surface area contributed by atoms with Crippen molar-refractivity contribution in [1.82, 2.24) is 5.32 Å². The fraction of sp³-hybridized carbons (Fsp3) is 0.200. The summed E-state index contributed by atoms with van der Waals surface area (Å²) in [5.41, 5.74) is 1.39. The lowest BCUT2D eigenvalue weighted by molar-refractivity contribution is 0.645. The second kappa shape index (κ2) is 5.75. The lowest BCUT2D eigenvalue weighted by Crippen LogP contribution is -2.20. The maximum absolute atomic E-state index is 3.60. The van der Waals surface area contributed by atoms with Crippen molar-refractivity contribution in [2.75, 3.05) is 6.54 Å². The van der Waals surface area contributed by atoms with E-state index in [2.05, 4.69) is 69.9 Å². The van der Waals surface area contributed by atoms with Gasteiger partial charge in [0, 0.05) is 9.58 Å². The highest BCUT2D eigenvalue weighted by atomic mass is 79.9. The first kappa shape index (κ1) is 13.3. The van der Waals surface area contributed by atoms with Gasteiger partial charge in [0.15, 0.2) is 0 Å². The average Bonchev–Trinajstić information content (AvgIpc) is 3.03. The Kier molecular flexibility index (Phi) is 4.03. The van der Waals surface area contributed by atoms with E-state index in [1.54, 1.807) is 11.3 Å². The molecule has 0 radical (unpaired) electrons. The van der Waals surface area contributed by atoms with E-state index in [1.165, 1.54) is 24.3 Å². The number of halogens is 1. The Balaban J connectivity index is 2.09. The molecule has 98 valence electrons. The predicted octanol–water partition coefficient (Wildman–Crippen LogP) is 5.42. The Labute approximate surface area is 129 Å². The number of benzene rings is 1. The maximum Gasteiger partial charge on any atom is 0.0702 e. The fourth-order valence-corrected chi connectivity index (χ4v) is 4.78. The number of thiophene rings is 2. The van der Waals surface area contributed by atoms with E-state index in [1.807, 2.05) is 11.3 Å². The van der Waals surface area contributed by atoms with Crippen LogP contribution in [0.25, 0.3) is 10.1 Å². The molecule has 0 aliphatic heterocycles. The Hall–Kier alpha value is -0.680. The van der Waals surface area contributed by atoms with Crippen LogP contribution in [-0.2, 0) is 0 Å². The third kappa shape index (κ3) is 2.63. The van der Waals surface area contributed by atoms with Gasteiger partial charge >= 0.3 is 0 Å². The zero-order valence-electron chi connectivity index (χ0n) is 10.5. The summed E-state index contributed by atoms with van der Waals surface area (Å²) in [4.78, 5) is 1.36. The molecular weight excluding hydrogens is 338 g/mol. The van der Waals surface area contributed by atoms with Crippen molar-refractivity contribution in [3.63, 3.8) is 0 Å². The summed E-state index contributed by atoms with van der Waals surface area (Å²) in [6.45, 7) is 3.12. The minimum absolute atomic E-state index is 0.289. The number of rotatable bonds is 4. The number of fused-ring (bicyclic) bond motifs is 1. The molecule has 0 aliphatic carbocycles. The van der Waals surface area contributed by atoms with E-state index >= 15 is 0 Å². The Morgan fingerprint density at radius 1 is 1.21 bits per heavy atom.